The Morgan fingerprint density at radius 2 is 1.92 bits per heavy atom. The van der Waals surface area contributed by atoms with E-state index in [9.17, 15) is 9.59 Å². The molecule has 2 amide bonds. The fraction of sp³-hybridized carbons (Fsp3) is 0.278. The molecule has 2 aromatic rings. The van der Waals surface area contributed by atoms with E-state index in [0.717, 1.165) is 11.3 Å². The van der Waals surface area contributed by atoms with Crippen LogP contribution in [0.1, 0.15) is 16.1 Å². The summed E-state index contributed by atoms with van der Waals surface area (Å²) in [6.07, 6.45) is 6.14. The van der Waals surface area contributed by atoms with Crippen molar-refractivity contribution < 1.29 is 14.8 Å². The number of para-hydroxylation sites is 1. The fourth-order valence-corrected chi connectivity index (χ4v) is 2.99. The minimum Gasteiger partial charge on any atom is -0.367 e. The molecule has 0 saturated carbocycles. The van der Waals surface area contributed by atoms with E-state index in [1.807, 2.05) is 36.2 Å². The van der Waals surface area contributed by atoms with E-state index >= 15 is 0 Å². The van der Waals surface area contributed by atoms with Gasteiger partial charge in [-0.15, -0.1) is 0 Å². The van der Waals surface area contributed by atoms with Crippen LogP contribution in [0.3, 0.4) is 0 Å². The van der Waals surface area contributed by atoms with Crippen LogP contribution in [0.5, 0.6) is 0 Å². The Balaban J connectivity index is 1.69. The lowest BCUT2D eigenvalue weighted by atomic mass is 10.1. The van der Waals surface area contributed by atoms with Gasteiger partial charge in [0.2, 0.25) is 0 Å². The maximum absolute atomic E-state index is 12.6. The van der Waals surface area contributed by atoms with Crippen molar-refractivity contribution in [3.63, 3.8) is 0 Å². The minimum absolute atomic E-state index is 0.0163. The van der Waals surface area contributed by atoms with Gasteiger partial charge >= 0.3 is 0 Å². The lowest BCUT2D eigenvalue weighted by Crippen LogP contribution is -2.49. The van der Waals surface area contributed by atoms with Crippen LogP contribution in [0.25, 0.3) is 6.08 Å². The standard InChI is InChI=1S/C18H21N5O3/c1-21-13-19-12-16(21)18(25)23-10-8-22(9-11-23)15-5-3-2-4-14(15)6-7-17(24)20-26/h2-7,12-13,26H,8-11H2,1H3,(H,20,24)/b7-6+. The molecule has 26 heavy (non-hydrogen) atoms. The minimum atomic E-state index is -0.577. The molecule has 2 heterocycles. The second-order valence-corrected chi connectivity index (χ2v) is 6.04. The smallest absolute Gasteiger partial charge is 0.272 e. The SMILES string of the molecule is Cn1cncc1C(=O)N1CCN(c2ccccc2/C=C/C(=O)NO)CC1. The first-order chi connectivity index (χ1) is 12.6. The quantitative estimate of drug-likeness (QED) is 0.483. The number of nitrogens with zero attached hydrogens (tertiary/aromatic N) is 4. The number of rotatable bonds is 4. The molecule has 0 unspecified atom stereocenters. The molecule has 0 aliphatic carbocycles. The van der Waals surface area contributed by atoms with Gasteiger partial charge < -0.3 is 14.4 Å². The first-order valence-corrected chi connectivity index (χ1v) is 8.32. The van der Waals surface area contributed by atoms with Gasteiger partial charge in [0.15, 0.2) is 0 Å². The van der Waals surface area contributed by atoms with E-state index in [1.165, 1.54) is 6.08 Å². The number of hydroxylamine groups is 1. The largest absolute Gasteiger partial charge is 0.367 e. The van der Waals surface area contributed by atoms with Gasteiger partial charge in [0.1, 0.15) is 5.69 Å². The van der Waals surface area contributed by atoms with E-state index in [-0.39, 0.29) is 5.91 Å². The molecule has 3 rings (SSSR count). The normalized spacial score (nSPS) is 14.7. The van der Waals surface area contributed by atoms with Crippen LogP contribution in [-0.4, -0.2) is 57.7 Å². The van der Waals surface area contributed by atoms with Crippen molar-refractivity contribution in [2.45, 2.75) is 0 Å². The molecule has 2 N–H and O–H groups in total. The lowest BCUT2D eigenvalue weighted by Gasteiger charge is -2.36. The van der Waals surface area contributed by atoms with Gasteiger partial charge in [-0.3, -0.25) is 14.8 Å². The summed E-state index contributed by atoms with van der Waals surface area (Å²) in [6.45, 7) is 2.61. The summed E-state index contributed by atoms with van der Waals surface area (Å²) < 4.78 is 1.72. The molecule has 8 heteroatoms. The first-order valence-electron chi connectivity index (χ1n) is 8.32. The summed E-state index contributed by atoms with van der Waals surface area (Å²) in [4.78, 5) is 31.8. The molecule has 1 saturated heterocycles. The van der Waals surface area contributed by atoms with Gasteiger partial charge in [0.05, 0.1) is 12.5 Å². The summed E-state index contributed by atoms with van der Waals surface area (Å²) in [5.41, 5.74) is 4.03. The predicted octanol–water partition coefficient (Wildman–Crippen LogP) is 0.901. The Morgan fingerprint density at radius 3 is 2.58 bits per heavy atom. The zero-order valence-corrected chi connectivity index (χ0v) is 14.5. The van der Waals surface area contributed by atoms with Crippen LogP contribution in [0.4, 0.5) is 5.69 Å². The van der Waals surface area contributed by atoms with E-state index < -0.39 is 5.91 Å². The van der Waals surface area contributed by atoms with Gasteiger partial charge in [-0.25, -0.2) is 10.5 Å². The predicted molar refractivity (Wildman–Crippen MR) is 96.7 cm³/mol. The number of carbonyl (C=O) groups excluding carboxylic acids is 2. The third kappa shape index (κ3) is 3.75. The highest BCUT2D eigenvalue weighted by molar-refractivity contribution is 5.93. The molecule has 8 nitrogen and oxygen atoms in total. The summed E-state index contributed by atoms with van der Waals surface area (Å²) in [7, 11) is 1.81. The molecule has 0 spiro atoms. The molecule has 1 aliphatic rings. The maximum atomic E-state index is 12.6. The number of anilines is 1. The fourth-order valence-electron chi connectivity index (χ4n) is 2.99. The molecule has 136 valence electrons. The number of aryl methyl sites for hydroxylation is 1. The van der Waals surface area contributed by atoms with E-state index in [0.29, 0.717) is 31.9 Å². The third-order valence-corrected chi connectivity index (χ3v) is 4.40. The van der Waals surface area contributed by atoms with Gasteiger partial charge in [0.25, 0.3) is 11.8 Å². The Hall–Kier alpha value is -3.13. The van der Waals surface area contributed by atoms with E-state index in [4.69, 9.17) is 5.21 Å². The number of hydrogen-bond acceptors (Lipinski definition) is 5. The molecule has 0 radical (unpaired) electrons. The van der Waals surface area contributed by atoms with Gasteiger partial charge in [0, 0.05) is 45.0 Å². The summed E-state index contributed by atoms with van der Waals surface area (Å²) in [5.74, 6) is -0.594. The van der Waals surface area contributed by atoms with Crippen molar-refractivity contribution in [1.82, 2.24) is 19.9 Å². The Bertz CT molecular complexity index is 822. The van der Waals surface area contributed by atoms with Crippen molar-refractivity contribution in [2.24, 2.45) is 7.05 Å². The van der Waals surface area contributed by atoms with Crippen LogP contribution in [0.15, 0.2) is 42.9 Å². The molecular weight excluding hydrogens is 334 g/mol. The number of amides is 2. The van der Waals surface area contributed by atoms with Crippen molar-refractivity contribution in [2.75, 3.05) is 31.1 Å². The highest BCUT2D eigenvalue weighted by atomic mass is 16.5. The van der Waals surface area contributed by atoms with E-state index in [1.54, 1.807) is 28.6 Å². The number of hydrogen-bond donors (Lipinski definition) is 2. The zero-order chi connectivity index (χ0) is 18.5. The van der Waals surface area contributed by atoms with Crippen molar-refractivity contribution in [1.29, 1.82) is 0 Å². The third-order valence-electron chi connectivity index (χ3n) is 4.40. The molecule has 0 bridgehead atoms. The summed E-state index contributed by atoms with van der Waals surface area (Å²) in [5, 5.41) is 8.60. The monoisotopic (exact) mass is 355 g/mol. The summed E-state index contributed by atoms with van der Waals surface area (Å²) >= 11 is 0. The van der Waals surface area contributed by atoms with Crippen LogP contribution in [-0.2, 0) is 11.8 Å². The van der Waals surface area contributed by atoms with Crippen LogP contribution >= 0.6 is 0 Å². The molecule has 1 aromatic carbocycles. The topological polar surface area (TPSA) is 90.7 Å². The average molecular weight is 355 g/mol. The number of nitrogens with one attached hydrogen (secondary N) is 1. The van der Waals surface area contributed by atoms with Crippen molar-refractivity contribution in [3.8, 4) is 0 Å². The van der Waals surface area contributed by atoms with Crippen LogP contribution in [0, 0.1) is 0 Å². The lowest BCUT2D eigenvalue weighted by molar-refractivity contribution is -0.124. The van der Waals surface area contributed by atoms with Crippen LogP contribution < -0.4 is 10.4 Å². The number of benzene rings is 1. The van der Waals surface area contributed by atoms with Gasteiger partial charge in [-0.05, 0) is 17.7 Å². The Morgan fingerprint density at radius 1 is 1.19 bits per heavy atom. The molecular formula is C18H21N5O3. The van der Waals surface area contributed by atoms with Crippen molar-refractivity contribution in [3.05, 3.63) is 54.1 Å². The molecule has 1 fully saturated rings. The highest BCUT2D eigenvalue weighted by Gasteiger charge is 2.24. The molecule has 0 atom stereocenters. The number of piperazine rings is 1. The Kier molecular flexibility index (Phi) is 5.33. The number of imidazole rings is 1. The maximum Gasteiger partial charge on any atom is 0.272 e. The second kappa shape index (κ2) is 7.83. The van der Waals surface area contributed by atoms with Gasteiger partial charge in [-0.2, -0.15) is 0 Å². The molecule has 1 aromatic heterocycles. The van der Waals surface area contributed by atoms with E-state index in [2.05, 4.69) is 9.88 Å². The van der Waals surface area contributed by atoms with Gasteiger partial charge in [-0.1, -0.05) is 18.2 Å². The number of carbonyl (C=O) groups is 2. The average Bonchev–Trinajstić information content (AvgIpc) is 3.11. The zero-order valence-electron chi connectivity index (χ0n) is 14.5. The second-order valence-electron chi connectivity index (χ2n) is 6.04. The summed E-state index contributed by atoms with van der Waals surface area (Å²) in [6, 6.07) is 7.72. The number of aromatic nitrogens is 2. The highest BCUT2D eigenvalue weighted by Crippen LogP contribution is 2.23. The van der Waals surface area contributed by atoms with Crippen LogP contribution in [0.2, 0.25) is 0 Å². The first kappa shape index (κ1) is 17.7. The Labute approximate surface area is 151 Å². The molecule has 1 aliphatic heterocycles. The van der Waals surface area contributed by atoms with Crippen molar-refractivity contribution >= 4 is 23.6 Å².